The van der Waals surface area contributed by atoms with Crippen LogP contribution in [0.1, 0.15) is 10.4 Å². The molecule has 0 atom stereocenters. The Morgan fingerprint density at radius 1 is 1.23 bits per heavy atom. The Hall–Kier alpha value is -2.99. The van der Waals surface area contributed by atoms with Gasteiger partial charge in [0.1, 0.15) is 5.75 Å². The van der Waals surface area contributed by atoms with E-state index in [9.17, 15) is 4.79 Å². The summed E-state index contributed by atoms with van der Waals surface area (Å²) in [6, 6.07) is 10.7. The van der Waals surface area contributed by atoms with Crippen molar-refractivity contribution in [2.75, 3.05) is 31.4 Å². The topological polar surface area (TPSA) is 59.4 Å². The van der Waals surface area contributed by atoms with Gasteiger partial charge in [0.2, 0.25) is 0 Å². The van der Waals surface area contributed by atoms with Crippen molar-refractivity contribution in [3.8, 4) is 11.4 Å². The third-order valence-corrected chi connectivity index (χ3v) is 4.16. The second-order valence-electron chi connectivity index (χ2n) is 5.82. The van der Waals surface area contributed by atoms with Gasteiger partial charge in [-0.25, -0.2) is 4.98 Å². The molecule has 1 N–H and O–H groups in total. The van der Waals surface area contributed by atoms with Gasteiger partial charge in [0.25, 0.3) is 5.91 Å². The number of pyridine rings is 1. The SMILES string of the molecule is COc1cc(-n2cccc2)c(Cl)cc1C(=O)Nc1cccnc1N(C)C. The lowest BCUT2D eigenvalue weighted by Crippen LogP contribution is -2.18. The molecule has 0 saturated carbocycles. The maximum absolute atomic E-state index is 12.8. The quantitative estimate of drug-likeness (QED) is 0.741. The van der Waals surface area contributed by atoms with Crippen LogP contribution in [0.2, 0.25) is 5.02 Å². The largest absolute Gasteiger partial charge is 0.496 e. The highest BCUT2D eigenvalue weighted by molar-refractivity contribution is 6.33. The first kappa shape index (κ1) is 17.8. The van der Waals surface area contributed by atoms with E-state index in [2.05, 4.69) is 10.3 Å². The Morgan fingerprint density at radius 3 is 2.62 bits per heavy atom. The third kappa shape index (κ3) is 3.50. The first-order valence-electron chi connectivity index (χ1n) is 7.96. The van der Waals surface area contributed by atoms with Crippen LogP contribution >= 0.6 is 11.6 Å². The van der Waals surface area contributed by atoms with E-state index in [0.29, 0.717) is 27.8 Å². The summed E-state index contributed by atoms with van der Waals surface area (Å²) in [5.41, 5.74) is 1.69. The Labute approximate surface area is 157 Å². The number of carbonyl (C=O) groups is 1. The Balaban J connectivity index is 1.96. The number of methoxy groups -OCH3 is 1. The number of hydrogen-bond acceptors (Lipinski definition) is 4. The van der Waals surface area contributed by atoms with Gasteiger partial charge in [0.15, 0.2) is 5.82 Å². The number of hydrogen-bond donors (Lipinski definition) is 1. The van der Waals surface area contributed by atoms with E-state index < -0.39 is 0 Å². The molecule has 2 aromatic heterocycles. The van der Waals surface area contributed by atoms with Crippen molar-refractivity contribution in [2.24, 2.45) is 0 Å². The first-order valence-corrected chi connectivity index (χ1v) is 8.33. The third-order valence-electron chi connectivity index (χ3n) is 3.85. The Morgan fingerprint density at radius 2 is 1.96 bits per heavy atom. The summed E-state index contributed by atoms with van der Waals surface area (Å²) in [5.74, 6) is 0.777. The van der Waals surface area contributed by atoms with Crippen LogP contribution in [0, 0.1) is 0 Å². The molecule has 26 heavy (non-hydrogen) atoms. The fraction of sp³-hybridized carbons (Fsp3) is 0.158. The molecule has 0 unspecified atom stereocenters. The van der Waals surface area contributed by atoms with Crippen LogP contribution in [0.3, 0.4) is 0 Å². The zero-order valence-corrected chi connectivity index (χ0v) is 15.5. The Bertz CT molecular complexity index is 923. The van der Waals surface area contributed by atoms with Crippen molar-refractivity contribution in [3.63, 3.8) is 0 Å². The lowest BCUT2D eigenvalue weighted by molar-refractivity contribution is 0.102. The number of nitrogens with one attached hydrogen (secondary N) is 1. The van der Waals surface area contributed by atoms with E-state index in [1.165, 1.54) is 7.11 Å². The van der Waals surface area contributed by atoms with Gasteiger partial charge in [-0.3, -0.25) is 4.79 Å². The summed E-state index contributed by atoms with van der Waals surface area (Å²) < 4.78 is 7.28. The zero-order valence-electron chi connectivity index (χ0n) is 14.7. The second kappa shape index (κ2) is 7.49. The number of ether oxygens (including phenoxy) is 1. The lowest BCUT2D eigenvalue weighted by atomic mass is 10.1. The summed E-state index contributed by atoms with van der Waals surface area (Å²) in [6.45, 7) is 0. The molecule has 3 rings (SSSR count). The number of aromatic nitrogens is 2. The van der Waals surface area contributed by atoms with Gasteiger partial charge >= 0.3 is 0 Å². The minimum absolute atomic E-state index is 0.320. The van der Waals surface area contributed by atoms with Crippen molar-refractivity contribution in [1.29, 1.82) is 0 Å². The van der Waals surface area contributed by atoms with Crippen LogP contribution in [0.5, 0.6) is 5.75 Å². The van der Waals surface area contributed by atoms with Gasteiger partial charge in [-0.2, -0.15) is 0 Å². The molecule has 0 radical (unpaired) electrons. The summed E-state index contributed by atoms with van der Waals surface area (Å²) in [7, 11) is 5.25. The lowest BCUT2D eigenvalue weighted by Gasteiger charge is -2.17. The van der Waals surface area contributed by atoms with Crippen molar-refractivity contribution in [2.45, 2.75) is 0 Å². The molecule has 134 valence electrons. The molecular weight excluding hydrogens is 352 g/mol. The van der Waals surface area contributed by atoms with E-state index in [1.54, 1.807) is 30.5 Å². The van der Waals surface area contributed by atoms with Crippen molar-refractivity contribution < 1.29 is 9.53 Å². The molecule has 7 heteroatoms. The minimum atomic E-state index is -0.320. The molecule has 0 aliphatic rings. The number of rotatable bonds is 5. The number of halogens is 1. The van der Waals surface area contributed by atoms with Crippen LogP contribution in [-0.4, -0.2) is 36.7 Å². The van der Waals surface area contributed by atoms with Crippen molar-refractivity contribution >= 4 is 29.0 Å². The molecule has 6 nitrogen and oxygen atoms in total. The normalized spacial score (nSPS) is 10.5. The minimum Gasteiger partial charge on any atom is -0.496 e. The molecule has 2 heterocycles. The van der Waals surface area contributed by atoms with Gasteiger partial charge < -0.3 is 19.5 Å². The van der Waals surface area contributed by atoms with Gasteiger partial charge in [-0.1, -0.05) is 11.6 Å². The van der Waals surface area contributed by atoms with Crippen LogP contribution in [-0.2, 0) is 0 Å². The Kier molecular flexibility index (Phi) is 5.14. The number of benzene rings is 1. The first-order chi connectivity index (χ1) is 12.5. The van der Waals surface area contributed by atoms with Gasteiger partial charge in [0.05, 0.1) is 29.1 Å². The second-order valence-corrected chi connectivity index (χ2v) is 6.22. The molecule has 3 aromatic rings. The molecule has 0 saturated heterocycles. The molecule has 0 bridgehead atoms. The predicted molar refractivity (Wildman–Crippen MR) is 104 cm³/mol. The maximum Gasteiger partial charge on any atom is 0.259 e. The van der Waals surface area contributed by atoms with Gasteiger partial charge in [-0.05, 0) is 30.3 Å². The van der Waals surface area contributed by atoms with Crippen molar-refractivity contribution in [1.82, 2.24) is 9.55 Å². The molecule has 1 aromatic carbocycles. The van der Waals surface area contributed by atoms with Crippen LogP contribution in [0.25, 0.3) is 5.69 Å². The maximum atomic E-state index is 12.8. The highest BCUT2D eigenvalue weighted by Crippen LogP contribution is 2.31. The molecule has 0 spiro atoms. The van der Waals surface area contributed by atoms with E-state index in [0.717, 1.165) is 5.69 Å². The smallest absolute Gasteiger partial charge is 0.259 e. The fourth-order valence-corrected chi connectivity index (χ4v) is 2.88. The average molecular weight is 371 g/mol. The number of amides is 1. The van der Waals surface area contributed by atoms with Gasteiger partial charge in [0, 0.05) is 38.8 Å². The standard InChI is InChI=1S/C19H19ClN4O2/c1-23(2)18-15(7-6-8-21-18)22-19(25)13-11-14(20)16(12-17(13)26-3)24-9-4-5-10-24/h4-12H,1-3H3,(H,22,25). The predicted octanol–water partition coefficient (Wildman–Crippen LogP) is 3.85. The highest BCUT2D eigenvalue weighted by Gasteiger charge is 2.18. The van der Waals surface area contributed by atoms with Crippen LogP contribution in [0.15, 0.2) is 55.0 Å². The average Bonchev–Trinajstić information content (AvgIpc) is 3.16. The molecule has 0 aliphatic carbocycles. The number of carbonyl (C=O) groups excluding carboxylic acids is 1. The summed E-state index contributed by atoms with van der Waals surface area (Å²) in [6.07, 6.45) is 5.42. The zero-order chi connectivity index (χ0) is 18.7. The molecule has 0 fully saturated rings. The number of anilines is 2. The van der Waals surface area contributed by atoms with E-state index in [-0.39, 0.29) is 5.91 Å². The summed E-state index contributed by atoms with van der Waals surface area (Å²) >= 11 is 6.40. The molecule has 1 amide bonds. The van der Waals surface area contributed by atoms with Crippen LogP contribution in [0.4, 0.5) is 11.5 Å². The summed E-state index contributed by atoms with van der Waals surface area (Å²) in [4.78, 5) is 18.9. The van der Waals surface area contributed by atoms with Crippen molar-refractivity contribution in [3.05, 3.63) is 65.6 Å². The number of nitrogens with zero attached hydrogens (tertiary/aromatic N) is 3. The fourth-order valence-electron chi connectivity index (χ4n) is 2.62. The summed E-state index contributed by atoms with van der Waals surface area (Å²) in [5, 5.41) is 3.33. The van der Waals surface area contributed by atoms with E-state index >= 15 is 0 Å². The van der Waals surface area contributed by atoms with E-state index in [1.807, 2.05) is 48.1 Å². The van der Waals surface area contributed by atoms with Crippen LogP contribution < -0.4 is 15.0 Å². The molecular formula is C19H19ClN4O2. The highest BCUT2D eigenvalue weighted by atomic mass is 35.5. The van der Waals surface area contributed by atoms with E-state index in [4.69, 9.17) is 16.3 Å². The monoisotopic (exact) mass is 370 g/mol. The van der Waals surface area contributed by atoms with Gasteiger partial charge in [-0.15, -0.1) is 0 Å². The molecule has 0 aliphatic heterocycles.